The fraction of sp³-hybridized carbons (Fsp3) is 0.385. The largest absolute Gasteiger partial charge is 0.396 e. The molecule has 2 amide bonds. The van der Waals surface area contributed by atoms with Gasteiger partial charge in [-0.15, -0.1) is 0 Å². The molecule has 1 aromatic rings. The number of amides is 2. The predicted octanol–water partition coefficient (Wildman–Crippen LogP) is 1.30. The molecule has 0 aliphatic heterocycles. The minimum atomic E-state index is -0.378. The van der Waals surface area contributed by atoms with Crippen molar-refractivity contribution in [1.29, 1.82) is 0 Å². The average molecular weight is 267 g/mol. The van der Waals surface area contributed by atoms with Gasteiger partial charge in [-0.3, -0.25) is 14.9 Å². The quantitative estimate of drug-likeness (QED) is 0.815. The van der Waals surface area contributed by atoms with Crippen molar-refractivity contribution in [3.05, 3.63) is 35.9 Å². The Morgan fingerprint density at radius 1 is 1.33 bits per heavy atom. The van der Waals surface area contributed by atoms with Crippen LogP contribution >= 0.6 is 11.8 Å². The van der Waals surface area contributed by atoms with E-state index in [9.17, 15) is 9.59 Å². The van der Waals surface area contributed by atoms with Gasteiger partial charge in [0.2, 0.25) is 5.91 Å². The average Bonchev–Trinajstić information content (AvgIpc) is 2.39. The minimum absolute atomic E-state index is 0.109. The standard InChI is InChI=1S/C13H17NO3S/c1-10(7-15)8-18-9-12(16)14-13(17)11-5-3-2-4-6-11/h2-6,10,15H,7-9H2,1H3,(H,14,16,17). The van der Waals surface area contributed by atoms with Gasteiger partial charge in [0.1, 0.15) is 0 Å². The molecule has 0 spiro atoms. The van der Waals surface area contributed by atoms with Gasteiger partial charge in [0.15, 0.2) is 0 Å². The summed E-state index contributed by atoms with van der Waals surface area (Å²) in [6, 6.07) is 8.62. The Morgan fingerprint density at radius 3 is 2.61 bits per heavy atom. The zero-order chi connectivity index (χ0) is 13.4. The Morgan fingerprint density at radius 2 is 2.00 bits per heavy atom. The van der Waals surface area contributed by atoms with E-state index in [4.69, 9.17) is 5.11 Å². The molecular formula is C13H17NO3S. The van der Waals surface area contributed by atoms with Gasteiger partial charge in [-0.1, -0.05) is 25.1 Å². The molecule has 5 heteroatoms. The van der Waals surface area contributed by atoms with E-state index in [2.05, 4.69) is 5.32 Å². The summed E-state index contributed by atoms with van der Waals surface area (Å²) < 4.78 is 0. The third-order valence-electron chi connectivity index (χ3n) is 2.24. The van der Waals surface area contributed by atoms with Gasteiger partial charge in [0.25, 0.3) is 5.91 Å². The highest BCUT2D eigenvalue weighted by atomic mass is 32.2. The van der Waals surface area contributed by atoms with Crippen molar-refractivity contribution in [1.82, 2.24) is 5.32 Å². The van der Waals surface area contributed by atoms with Crippen LogP contribution in [0.1, 0.15) is 17.3 Å². The fourth-order valence-electron chi connectivity index (χ4n) is 1.23. The van der Waals surface area contributed by atoms with Crippen molar-refractivity contribution in [2.75, 3.05) is 18.1 Å². The Balaban J connectivity index is 2.30. The first kappa shape index (κ1) is 14.7. The summed E-state index contributed by atoms with van der Waals surface area (Å²) in [5.41, 5.74) is 0.472. The Bertz CT molecular complexity index is 394. The summed E-state index contributed by atoms with van der Waals surface area (Å²) in [6.45, 7) is 2.01. The fourth-order valence-corrected chi connectivity index (χ4v) is 2.11. The third-order valence-corrected chi connectivity index (χ3v) is 3.51. The molecule has 0 saturated carbocycles. The Labute approximate surface area is 111 Å². The van der Waals surface area contributed by atoms with Gasteiger partial charge in [-0.25, -0.2) is 0 Å². The topological polar surface area (TPSA) is 66.4 Å². The van der Waals surface area contributed by atoms with Crippen LogP contribution in [0.15, 0.2) is 30.3 Å². The number of benzene rings is 1. The monoisotopic (exact) mass is 267 g/mol. The van der Waals surface area contributed by atoms with E-state index < -0.39 is 0 Å². The molecule has 1 aromatic carbocycles. The highest BCUT2D eigenvalue weighted by molar-refractivity contribution is 7.99. The maximum Gasteiger partial charge on any atom is 0.257 e. The predicted molar refractivity (Wildman–Crippen MR) is 72.5 cm³/mol. The lowest BCUT2D eigenvalue weighted by Gasteiger charge is -2.07. The van der Waals surface area contributed by atoms with Crippen LogP contribution in [-0.2, 0) is 4.79 Å². The first-order valence-corrected chi connectivity index (χ1v) is 6.86. The van der Waals surface area contributed by atoms with Crippen LogP contribution in [0.5, 0.6) is 0 Å². The summed E-state index contributed by atoms with van der Waals surface area (Å²) in [6.07, 6.45) is 0. The number of thioether (sulfide) groups is 1. The van der Waals surface area contributed by atoms with Gasteiger partial charge >= 0.3 is 0 Å². The van der Waals surface area contributed by atoms with Gasteiger partial charge < -0.3 is 5.11 Å². The van der Waals surface area contributed by atoms with Crippen LogP contribution in [0.25, 0.3) is 0 Å². The van der Waals surface area contributed by atoms with Crippen LogP contribution in [0.2, 0.25) is 0 Å². The van der Waals surface area contributed by atoms with Crippen LogP contribution in [0.3, 0.4) is 0 Å². The second-order valence-corrected chi connectivity index (χ2v) is 5.08. The molecule has 18 heavy (non-hydrogen) atoms. The van der Waals surface area contributed by atoms with E-state index in [1.54, 1.807) is 24.3 Å². The molecule has 1 atom stereocenters. The maximum absolute atomic E-state index is 11.6. The first-order chi connectivity index (χ1) is 8.63. The van der Waals surface area contributed by atoms with E-state index in [1.807, 2.05) is 13.0 Å². The number of carbonyl (C=O) groups is 2. The molecule has 4 nitrogen and oxygen atoms in total. The highest BCUT2D eigenvalue weighted by Crippen LogP contribution is 2.07. The van der Waals surface area contributed by atoms with E-state index in [0.29, 0.717) is 11.3 Å². The van der Waals surface area contributed by atoms with E-state index >= 15 is 0 Å². The summed E-state index contributed by atoms with van der Waals surface area (Å²) in [5, 5.41) is 11.2. The molecule has 0 aliphatic carbocycles. The highest BCUT2D eigenvalue weighted by Gasteiger charge is 2.10. The number of nitrogens with one attached hydrogen (secondary N) is 1. The number of carbonyl (C=O) groups excluding carboxylic acids is 2. The molecule has 1 rings (SSSR count). The molecule has 0 bridgehead atoms. The minimum Gasteiger partial charge on any atom is -0.396 e. The van der Waals surface area contributed by atoms with E-state index in [-0.39, 0.29) is 30.1 Å². The summed E-state index contributed by atoms with van der Waals surface area (Å²) in [4.78, 5) is 23.1. The summed E-state index contributed by atoms with van der Waals surface area (Å²) in [5.74, 6) is 0.398. The van der Waals surface area contributed by atoms with Gasteiger partial charge in [0.05, 0.1) is 5.75 Å². The molecule has 2 N–H and O–H groups in total. The van der Waals surface area contributed by atoms with Crippen molar-refractivity contribution in [2.24, 2.45) is 5.92 Å². The molecular weight excluding hydrogens is 250 g/mol. The zero-order valence-corrected chi connectivity index (χ0v) is 11.1. The van der Waals surface area contributed by atoms with Crippen molar-refractivity contribution in [2.45, 2.75) is 6.92 Å². The molecule has 0 radical (unpaired) electrons. The lowest BCUT2D eigenvalue weighted by Crippen LogP contribution is -2.32. The van der Waals surface area contributed by atoms with Gasteiger partial charge in [0, 0.05) is 12.2 Å². The van der Waals surface area contributed by atoms with Crippen molar-refractivity contribution in [3.8, 4) is 0 Å². The lowest BCUT2D eigenvalue weighted by atomic mass is 10.2. The van der Waals surface area contributed by atoms with E-state index in [0.717, 1.165) is 0 Å². The number of rotatable bonds is 6. The molecule has 0 aromatic heterocycles. The zero-order valence-electron chi connectivity index (χ0n) is 10.3. The number of aliphatic hydroxyl groups is 1. The smallest absolute Gasteiger partial charge is 0.257 e. The molecule has 98 valence electrons. The maximum atomic E-state index is 11.6. The van der Waals surface area contributed by atoms with Crippen molar-refractivity contribution in [3.63, 3.8) is 0 Å². The Hall–Kier alpha value is -1.33. The van der Waals surface area contributed by atoms with Crippen LogP contribution < -0.4 is 5.32 Å². The lowest BCUT2D eigenvalue weighted by molar-refractivity contribution is -0.117. The summed E-state index contributed by atoms with van der Waals surface area (Å²) >= 11 is 1.41. The SMILES string of the molecule is CC(CO)CSCC(=O)NC(=O)c1ccccc1. The molecule has 1 unspecified atom stereocenters. The normalized spacial score (nSPS) is 11.9. The molecule has 0 aliphatic rings. The van der Waals surface area contributed by atoms with Crippen molar-refractivity contribution < 1.29 is 14.7 Å². The third kappa shape index (κ3) is 5.33. The number of hydrogen-bond acceptors (Lipinski definition) is 4. The van der Waals surface area contributed by atoms with Crippen LogP contribution in [0, 0.1) is 5.92 Å². The van der Waals surface area contributed by atoms with Gasteiger partial charge in [-0.2, -0.15) is 11.8 Å². The van der Waals surface area contributed by atoms with Crippen LogP contribution in [-0.4, -0.2) is 35.0 Å². The second-order valence-electron chi connectivity index (χ2n) is 4.05. The molecule has 0 heterocycles. The van der Waals surface area contributed by atoms with Crippen LogP contribution in [0.4, 0.5) is 0 Å². The number of hydrogen-bond donors (Lipinski definition) is 2. The molecule has 0 fully saturated rings. The first-order valence-electron chi connectivity index (χ1n) is 5.71. The van der Waals surface area contributed by atoms with Crippen molar-refractivity contribution >= 4 is 23.6 Å². The molecule has 0 saturated heterocycles. The van der Waals surface area contributed by atoms with E-state index in [1.165, 1.54) is 11.8 Å². The summed E-state index contributed by atoms with van der Waals surface area (Å²) in [7, 11) is 0. The Kier molecular flexibility index (Phi) is 6.46. The number of imide groups is 1. The second kappa shape index (κ2) is 7.89. The van der Waals surface area contributed by atoms with Gasteiger partial charge in [-0.05, 0) is 23.8 Å². The number of aliphatic hydroxyl groups excluding tert-OH is 1.